The lowest BCUT2D eigenvalue weighted by molar-refractivity contribution is -0.121. The first kappa shape index (κ1) is 11.8. The maximum atomic E-state index is 11.2. The highest BCUT2D eigenvalue weighted by molar-refractivity contribution is 9.10. The average molecular weight is 272 g/mol. The summed E-state index contributed by atoms with van der Waals surface area (Å²) < 4.78 is 0.740. The van der Waals surface area contributed by atoms with Crippen LogP contribution in [0.15, 0.2) is 16.9 Å². The summed E-state index contributed by atoms with van der Waals surface area (Å²) in [6, 6.07) is 0. The lowest BCUT2D eigenvalue weighted by Crippen LogP contribution is -2.14. The average Bonchev–Trinajstić information content (AvgIpc) is 2.19. The van der Waals surface area contributed by atoms with Gasteiger partial charge in [-0.3, -0.25) is 10.1 Å². The molecule has 0 fully saturated rings. The van der Waals surface area contributed by atoms with Crippen LogP contribution in [0, 0.1) is 0 Å². The minimum absolute atomic E-state index is 0.0122. The Kier molecular flexibility index (Phi) is 4.36. The smallest absolute Gasteiger partial charge is 0.229 e. The van der Waals surface area contributed by atoms with Crippen LogP contribution in [-0.4, -0.2) is 21.7 Å². The van der Waals surface area contributed by atoms with Crippen molar-refractivity contribution in [1.82, 2.24) is 9.97 Å². The standard InChI is InChI=1S/C9H10BrN3O2/c1-6(14)2-3-8(15)13-9-11-4-7(10)5-12-9/h4-5H,2-3H2,1H3,(H,11,12,13,15). The summed E-state index contributed by atoms with van der Waals surface area (Å²) in [7, 11) is 0. The maximum absolute atomic E-state index is 11.2. The molecule has 6 heteroatoms. The fourth-order valence-corrected chi connectivity index (χ4v) is 1.06. The molecule has 0 aliphatic carbocycles. The number of rotatable bonds is 4. The molecule has 0 radical (unpaired) electrons. The largest absolute Gasteiger partial charge is 0.300 e. The van der Waals surface area contributed by atoms with Gasteiger partial charge in [-0.05, 0) is 22.9 Å². The predicted octanol–water partition coefficient (Wildman–Crippen LogP) is 1.55. The number of hydrogen-bond acceptors (Lipinski definition) is 4. The molecule has 0 spiro atoms. The molecule has 0 saturated heterocycles. The molecule has 1 rings (SSSR count). The van der Waals surface area contributed by atoms with Crippen molar-refractivity contribution in [3.63, 3.8) is 0 Å². The van der Waals surface area contributed by atoms with Gasteiger partial charge in [-0.1, -0.05) is 0 Å². The molecule has 15 heavy (non-hydrogen) atoms. The van der Waals surface area contributed by atoms with Crippen LogP contribution in [0.25, 0.3) is 0 Å². The predicted molar refractivity (Wildman–Crippen MR) is 58.3 cm³/mol. The molecule has 0 bridgehead atoms. The zero-order chi connectivity index (χ0) is 11.3. The molecule has 0 aromatic carbocycles. The minimum atomic E-state index is -0.257. The fourth-order valence-electron chi connectivity index (χ4n) is 0.854. The van der Waals surface area contributed by atoms with Crippen molar-refractivity contribution in [2.75, 3.05) is 5.32 Å². The number of anilines is 1. The quantitative estimate of drug-likeness (QED) is 0.902. The third-order valence-corrected chi connectivity index (χ3v) is 1.99. The highest BCUT2D eigenvalue weighted by atomic mass is 79.9. The van der Waals surface area contributed by atoms with Gasteiger partial charge < -0.3 is 4.79 Å². The summed E-state index contributed by atoms with van der Waals surface area (Å²) in [5, 5.41) is 2.49. The molecular formula is C9H10BrN3O2. The summed E-state index contributed by atoms with van der Waals surface area (Å²) in [6.07, 6.45) is 3.47. The fraction of sp³-hybridized carbons (Fsp3) is 0.333. The van der Waals surface area contributed by atoms with E-state index >= 15 is 0 Å². The number of nitrogens with zero attached hydrogens (tertiary/aromatic N) is 2. The highest BCUT2D eigenvalue weighted by Crippen LogP contribution is 2.07. The topological polar surface area (TPSA) is 72.0 Å². The Balaban J connectivity index is 2.44. The summed E-state index contributed by atoms with van der Waals surface area (Å²) >= 11 is 3.18. The number of carbonyl (C=O) groups excluding carboxylic acids is 2. The third-order valence-electron chi connectivity index (χ3n) is 1.58. The molecule has 0 aliphatic heterocycles. The van der Waals surface area contributed by atoms with E-state index in [-0.39, 0.29) is 30.5 Å². The Morgan fingerprint density at radius 3 is 2.47 bits per heavy atom. The second-order valence-corrected chi connectivity index (χ2v) is 3.89. The van der Waals surface area contributed by atoms with Crippen LogP contribution in [0.3, 0.4) is 0 Å². The van der Waals surface area contributed by atoms with Crippen LogP contribution in [0.1, 0.15) is 19.8 Å². The zero-order valence-electron chi connectivity index (χ0n) is 8.16. The Morgan fingerprint density at radius 1 is 1.33 bits per heavy atom. The van der Waals surface area contributed by atoms with E-state index in [2.05, 4.69) is 31.2 Å². The molecule has 5 nitrogen and oxygen atoms in total. The van der Waals surface area contributed by atoms with Gasteiger partial charge in [0.2, 0.25) is 11.9 Å². The summed E-state index contributed by atoms with van der Waals surface area (Å²) in [5.74, 6) is -0.0267. The van der Waals surface area contributed by atoms with Gasteiger partial charge in [0.25, 0.3) is 0 Å². The monoisotopic (exact) mass is 271 g/mol. The van der Waals surface area contributed by atoms with Gasteiger partial charge in [0, 0.05) is 25.2 Å². The Hall–Kier alpha value is -1.30. The second kappa shape index (κ2) is 5.55. The molecular weight excluding hydrogens is 262 g/mol. The van der Waals surface area contributed by atoms with Gasteiger partial charge in [0.05, 0.1) is 4.47 Å². The first-order chi connectivity index (χ1) is 7.08. The van der Waals surface area contributed by atoms with Crippen LogP contribution in [0.5, 0.6) is 0 Å². The van der Waals surface area contributed by atoms with E-state index < -0.39 is 0 Å². The van der Waals surface area contributed by atoms with Crippen LogP contribution in [0.2, 0.25) is 0 Å². The summed E-state index contributed by atoms with van der Waals surface area (Å²) in [4.78, 5) is 29.6. The Bertz CT molecular complexity index is 364. The molecule has 0 aliphatic rings. The Morgan fingerprint density at radius 2 is 1.93 bits per heavy atom. The van der Waals surface area contributed by atoms with E-state index in [0.29, 0.717) is 0 Å². The number of carbonyl (C=O) groups is 2. The SMILES string of the molecule is CC(=O)CCC(=O)Nc1ncc(Br)cn1. The second-order valence-electron chi connectivity index (χ2n) is 2.98. The molecule has 0 saturated carbocycles. The number of halogens is 1. The molecule has 1 N–H and O–H groups in total. The van der Waals surface area contributed by atoms with Crippen LogP contribution in [-0.2, 0) is 9.59 Å². The van der Waals surface area contributed by atoms with Gasteiger partial charge in [0.15, 0.2) is 0 Å². The van der Waals surface area contributed by atoms with E-state index in [1.807, 2.05) is 0 Å². The zero-order valence-corrected chi connectivity index (χ0v) is 9.74. The number of amides is 1. The molecule has 1 aromatic rings. The lowest BCUT2D eigenvalue weighted by atomic mass is 10.2. The van der Waals surface area contributed by atoms with E-state index in [1.54, 1.807) is 0 Å². The van der Waals surface area contributed by atoms with Crippen molar-refractivity contribution in [2.45, 2.75) is 19.8 Å². The van der Waals surface area contributed by atoms with Crippen molar-refractivity contribution >= 4 is 33.6 Å². The van der Waals surface area contributed by atoms with Gasteiger partial charge in [0.1, 0.15) is 5.78 Å². The van der Waals surface area contributed by atoms with Crippen molar-refractivity contribution in [3.05, 3.63) is 16.9 Å². The first-order valence-corrected chi connectivity index (χ1v) is 5.14. The molecule has 0 unspecified atom stereocenters. The number of nitrogens with one attached hydrogen (secondary N) is 1. The normalized spacial score (nSPS) is 9.73. The minimum Gasteiger partial charge on any atom is -0.300 e. The first-order valence-electron chi connectivity index (χ1n) is 4.35. The highest BCUT2D eigenvalue weighted by Gasteiger charge is 2.05. The van der Waals surface area contributed by atoms with E-state index in [0.717, 1.165) is 4.47 Å². The van der Waals surface area contributed by atoms with E-state index in [4.69, 9.17) is 0 Å². The summed E-state index contributed by atoms with van der Waals surface area (Å²) in [6.45, 7) is 1.45. The van der Waals surface area contributed by atoms with E-state index in [9.17, 15) is 9.59 Å². The summed E-state index contributed by atoms with van der Waals surface area (Å²) in [5.41, 5.74) is 0. The van der Waals surface area contributed by atoms with Gasteiger partial charge in [-0.2, -0.15) is 0 Å². The lowest BCUT2D eigenvalue weighted by Gasteiger charge is -2.01. The van der Waals surface area contributed by atoms with Crippen molar-refractivity contribution in [3.8, 4) is 0 Å². The molecule has 80 valence electrons. The number of Topliss-reactive ketones (excluding diaryl/α,β-unsaturated/α-hetero) is 1. The molecule has 1 amide bonds. The van der Waals surface area contributed by atoms with Gasteiger partial charge in [-0.15, -0.1) is 0 Å². The van der Waals surface area contributed by atoms with Gasteiger partial charge in [-0.25, -0.2) is 9.97 Å². The van der Waals surface area contributed by atoms with Crippen molar-refractivity contribution in [1.29, 1.82) is 0 Å². The van der Waals surface area contributed by atoms with Crippen LogP contribution in [0.4, 0.5) is 5.95 Å². The van der Waals surface area contributed by atoms with Crippen LogP contribution < -0.4 is 5.32 Å². The van der Waals surface area contributed by atoms with Crippen LogP contribution >= 0.6 is 15.9 Å². The molecule has 1 heterocycles. The van der Waals surface area contributed by atoms with E-state index in [1.165, 1.54) is 19.3 Å². The third kappa shape index (κ3) is 4.64. The number of hydrogen-bond donors (Lipinski definition) is 1. The maximum Gasteiger partial charge on any atom is 0.229 e. The number of aromatic nitrogens is 2. The van der Waals surface area contributed by atoms with Crippen molar-refractivity contribution in [2.24, 2.45) is 0 Å². The molecule has 1 aromatic heterocycles. The Labute approximate surface area is 95.4 Å². The van der Waals surface area contributed by atoms with Crippen molar-refractivity contribution < 1.29 is 9.59 Å². The molecule has 0 atom stereocenters. The van der Waals surface area contributed by atoms with Gasteiger partial charge >= 0.3 is 0 Å². The number of ketones is 1.